The summed E-state index contributed by atoms with van der Waals surface area (Å²) in [6, 6.07) is 1.45. The molecule has 0 radical (unpaired) electrons. The lowest BCUT2D eigenvalue weighted by Crippen LogP contribution is -2.31. The third-order valence-electron chi connectivity index (χ3n) is 4.35. The molecule has 3 rings (SSSR count). The van der Waals surface area contributed by atoms with Crippen molar-refractivity contribution in [1.82, 2.24) is 14.5 Å². The largest absolute Gasteiger partial charge is 0.333 e. The molecule has 0 aromatic carbocycles. The molecule has 2 N–H and O–H groups in total. The highest BCUT2D eigenvalue weighted by atomic mass is 15.2. The first-order valence-corrected chi connectivity index (χ1v) is 7.22. The molecule has 100 valence electrons. The van der Waals surface area contributed by atoms with Crippen LogP contribution in [0.1, 0.15) is 50.7 Å². The summed E-state index contributed by atoms with van der Waals surface area (Å²) in [6.07, 6.45) is 6.91. The van der Waals surface area contributed by atoms with Gasteiger partial charge in [-0.25, -0.2) is 4.98 Å². The van der Waals surface area contributed by atoms with E-state index in [1.807, 2.05) is 0 Å². The molecule has 2 unspecified atom stereocenters. The van der Waals surface area contributed by atoms with Gasteiger partial charge in [-0.05, 0) is 39.7 Å². The number of aromatic nitrogens is 2. The van der Waals surface area contributed by atoms with E-state index in [0.717, 1.165) is 19.4 Å². The van der Waals surface area contributed by atoms with E-state index >= 15 is 0 Å². The van der Waals surface area contributed by atoms with Crippen LogP contribution in [0.2, 0.25) is 0 Å². The molecular weight excluding hydrogens is 224 g/mol. The SMILES string of the molecule is CC(C)N1CCCC1c1cn2c(n1)CCC(N)C2. The van der Waals surface area contributed by atoms with Gasteiger partial charge in [0, 0.05) is 31.2 Å². The van der Waals surface area contributed by atoms with Crippen molar-refractivity contribution in [2.24, 2.45) is 5.73 Å². The molecule has 1 aromatic rings. The molecule has 4 heteroatoms. The Morgan fingerprint density at radius 2 is 2.22 bits per heavy atom. The molecule has 0 saturated carbocycles. The zero-order valence-electron chi connectivity index (χ0n) is 11.5. The molecule has 1 aromatic heterocycles. The van der Waals surface area contributed by atoms with Crippen LogP contribution in [-0.2, 0) is 13.0 Å². The zero-order valence-corrected chi connectivity index (χ0v) is 11.5. The van der Waals surface area contributed by atoms with Crippen LogP contribution in [0.25, 0.3) is 0 Å². The van der Waals surface area contributed by atoms with Crippen molar-refractivity contribution in [2.45, 2.75) is 64.2 Å². The van der Waals surface area contributed by atoms with Gasteiger partial charge in [-0.3, -0.25) is 4.90 Å². The highest BCUT2D eigenvalue weighted by molar-refractivity contribution is 5.13. The Balaban J connectivity index is 1.84. The maximum Gasteiger partial charge on any atom is 0.109 e. The van der Waals surface area contributed by atoms with Crippen molar-refractivity contribution < 1.29 is 0 Å². The van der Waals surface area contributed by atoms with Crippen molar-refractivity contribution in [1.29, 1.82) is 0 Å². The normalized spacial score (nSPS) is 28.9. The van der Waals surface area contributed by atoms with Gasteiger partial charge in [0.1, 0.15) is 5.82 Å². The molecule has 0 aliphatic carbocycles. The summed E-state index contributed by atoms with van der Waals surface area (Å²) in [6.45, 7) is 6.72. The van der Waals surface area contributed by atoms with Gasteiger partial charge in [0.2, 0.25) is 0 Å². The highest BCUT2D eigenvalue weighted by Crippen LogP contribution is 2.33. The standard InChI is InChI=1S/C14H24N4/c1-10(2)18-7-3-4-13(18)12-9-17-8-11(15)5-6-14(17)16-12/h9-11,13H,3-8,15H2,1-2H3. The molecule has 2 aliphatic heterocycles. The fourth-order valence-corrected chi connectivity index (χ4v) is 3.38. The van der Waals surface area contributed by atoms with Crippen molar-refractivity contribution in [3.05, 3.63) is 17.7 Å². The lowest BCUT2D eigenvalue weighted by atomic mass is 10.1. The first-order valence-electron chi connectivity index (χ1n) is 7.22. The van der Waals surface area contributed by atoms with Crippen LogP contribution in [-0.4, -0.2) is 33.1 Å². The second kappa shape index (κ2) is 4.67. The summed E-state index contributed by atoms with van der Waals surface area (Å²) >= 11 is 0. The highest BCUT2D eigenvalue weighted by Gasteiger charge is 2.30. The molecule has 2 atom stereocenters. The fourth-order valence-electron chi connectivity index (χ4n) is 3.38. The number of hydrogen-bond donors (Lipinski definition) is 1. The lowest BCUT2D eigenvalue weighted by molar-refractivity contribution is 0.202. The topological polar surface area (TPSA) is 47.1 Å². The molecule has 4 nitrogen and oxygen atoms in total. The summed E-state index contributed by atoms with van der Waals surface area (Å²) in [7, 11) is 0. The van der Waals surface area contributed by atoms with Gasteiger partial charge in [-0.15, -0.1) is 0 Å². The summed E-state index contributed by atoms with van der Waals surface area (Å²) < 4.78 is 2.28. The Labute approximate surface area is 109 Å². The number of likely N-dealkylation sites (tertiary alicyclic amines) is 1. The third-order valence-corrected chi connectivity index (χ3v) is 4.35. The van der Waals surface area contributed by atoms with Gasteiger partial charge in [0.05, 0.1) is 11.7 Å². The van der Waals surface area contributed by atoms with E-state index in [0.29, 0.717) is 18.1 Å². The van der Waals surface area contributed by atoms with Crippen LogP contribution >= 0.6 is 0 Å². The molecule has 1 fully saturated rings. The Morgan fingerprint density at radius 1 is 1.39 bits per heavy atom. The second-order valence-electron chi connectivity index (χ2n) is 6.02. The van der Waals surface area contributed by atoms with E-state index < -0.39 is 0 Å². The van der Waals surface area contributed by atoms with Crippen LogP contribution in [0, 0.1) is 0 Å². The predicted molar refractivity (Wildman–Crippen MR) is 72.3 cm³/mol. The number of imidazole rings is 1. The maximum absolute atomic E-state index is 6.03. The van der Waals surface area contributed by atoms with Gasteiger partial charge in [0.15, 0.2) is 0 Å². The number of rotatable bonds is 2. The van der Waals surface area contributed by atoms with Crippen LogP contribution in [0.15, 0.2) is 6.20 Å². The van der Waals surface area contributed by atoms with E-state index in [9.17, 15) is 0 Å². The lowest BCUT2D eigenvalue weighted by Gasteiger charge is -2.26. The number of fused-ring (bicyclic) bond motifs is 1. The Bertz CT molecular complexity index is 423. The van der Waals surface area contributed by atoms with Crippen LogP contribution in [0.4, 0.5) is 0 Å². The predicted octanol–water partition coefficient (Wildman–Crippen LogP) is 1.70. The van der Waals surface area contributed by atoms with Crippen LogP contribution in [0.3, 0.4) is 0 Å². The average Bonchev–Trinajstić information content (AvgIpc) is 2.93. The van der Waals surface area contributed by atoms with Gasteiger partial charge in [0.25, 0.3) is 0 Å². The quantitative estimate of drug-likeness (QED) is 0.866. The first kappa shape index (κ1) is 12.2. The minimum absolute atomic E-state index is 0.310. The van der Waals surface area contributed by atoms with E-state index in [-0.39, 0.29) is 0 Å². The summed E-state index contributed by atoms with van der Waals surface area (Å²) in [4.78, 5) is 7.44. The first-order chi connectivity index (χ1) is 8.65. The van der Waals surface area contributed by atoms with Crippen molar-refractivity contribution >= 4 is 0 Å². The number of hydrogen-bond acceptors (Lipinski definition) is 3. The minimum Gasteiger partial charge on any atom is -0.333 e. The van der Waals surface area contributed by atoms with E-state index in [1.54, 1.807) is 0 Å². The van der Waals surface area contributed by atoms with Gasteiger partial charge < -0.3 is 10.3 Å². The molecule has 0 spiro atoms. The molecule has 0 amide bonds. The molecule has 2 aliphatic rings. The fraction of sp³-hybridized carbons (Fsp3) is 0.786. The van der Waals surface area contributed by atoms with Crippen molar-refractivity contribution in [3.8, 4) is 0 Å². The molecule has 1 saturated heterocycles. The van der Waals surface area contributed by atoms with Gasteiger partial charge >= 0.3 is 0 Å². The second-order valence-corrected chi connectivity index (χ2v) is 6.02. The average molecular weight is 248 g/mol. The van der Waals surface area contributed by atoms with Crippen LogP contribution in [0.5, 0.6) is 0 Å². The number of aryl methyl sites for hydroxylation is 1. The number of nitrogens with two attached hydrogens (primary N) is 1. The van der Waals surface area contributed by atoms with Gasteiger partial charge in [-0.1, -0.05) is 0 Å². The smallest absolute Gasteiger partial charge is 0.109 e. The summed E-state index contributed by atoms with van der Waals surface area (Å²) in [5.74, 6) is 1.24. The molecule has 3 heterocycles. The molecular formula is C14H24N4. The van der Waals surface area contributed by atoms with Crippen LogP contribution < -0.4 is 5.73 Å². The maximum atomic E-state index is 6.03. The Morgan fingerprint density at radius 3 is 3.00 bits per heavy atom. The van der Waals surface area contributed by atoms with Gasteiger partial charge in [-0.2, -0.15) is 0 Å². The van der Waals surface area contributed by atoms with Crippen molar-refractivity contribution in [2.75, 3.05) is 6.54 Å². The summed E-state index contributed by atoms with van der Waals surface area (Å²) in [5.41, 5.74) is 7.30. The molecule has 0 bridgehead atoms. The molecule has 18 heavy (non-hydrogen) atoms. The summed E-state index contributed by atoms with van der Waals surface area (Å²) in [5, 5.41) is 0. The third kappa shape index (κ3) is 2.08. The monoisotopic (exact) mass is 248 g/mol. The van der Waals surface area contributed by atoms with E-state index in [1.165, 1.54) is 30.9 Å². The number of nitrogens with zero attached hydrogens (tertiary/aromatic N) is 3. The van der Waals surface area contributed by atoms with E-state index in [4.69, 9.17) is 10.7 Å². The minimum atomic E-state index is 0.310. The van der Waals surface area contributed by atoms with Crippen molar-refractivity contribution in [3.63, 3.8) is 0 Å². The van der Waals surface area contributed by atoms with E-state index in [2.05, 4.69) is 29.5 Å². The zero-order chi connectivity index (χ0) is 12.7. The Kier molecular flexibility index (Phi) is 3.16. The Hall–Kier alpha value is -0.870.